The van der Waals surface area contributed by atoms with E-state index >= 15 is 0 Å². The van der Waals surface area contributed by atoms with Gasteiger partial charge in [-0.25, -0.2) is 0 Å². The molecule has 4 nitrogen and oxygen atoms in total. The van der Waals surface area contributed by atoms with Gasteiger partial charge in [-0.05, 0) is 12.3 Å². The molecule has 0 radical (unpaired) electrons. The normalized spacial score (nSPS) is 25.9. The summed E-state index contributed by atoms with van der Waals surface area (Å²) in [6, 6.07) is 0. The van der Waals surface area contributed by atoms with Crippen molar-refractivity contribution in [3.8, 4) is 0 Å². The predicted octanol–water partition coefficient (Wildman–Crippen LogP) is 0.826. The zero-order valence-corrected chi connectivity index (χ0v) is 7.40. The van der Waals surface area contributed by atoms with Crippen LogP contribution < -0.4 is 0 Å². The van der Waals surface area contributed by atoms with Gasteiger partial charge < -0.3 is 9.84 Å². The minimum Gasteiger partial charge on any atom is -0.481 e. The maximum absolute atomic E-state index is 10.8. The number of hydrogen-bond acceptors (Lipinski definition) is 3. The van der Waals surface area contributed by atoms with E-state index in [-0.39, 0.29) is 18.3 Å². The minimum absolute atomic E-state index is 0.0218. The average Bonchev–Trinajstić information content (AvgIpc) is 2.52. The zero-order chi connectivity index (χ0) is 9.84. The van der Waals surface area contributed by atoms with E-state index in [4.69, 9.17) is 5.11 Å². The maximum Gasteiger partial charge on any atom is 0.310 e. The second kappa shape index (κ2) is 4.07. The van der Waals surface area contributed by atoms with Gasteiger partial charge in [-0.3, -0.25) is 9.59 Å². The van der Waals surface area contributed by atoms with E-state index in [1.165, 1.54) is 7.11 Å². The van der Waals surface area contributed by atoms with Crippen LogP contribution in [0, 0.1) is 11.8 Å². The van der Waals surface area contributed by atoms with Crippen LogP contribution in [0.1, 0.15) is 12.8 Å². The Kier molecular flexibility index (Phi) is 3.06. The lowest BCUT2D eigenvalue weighted by Gasteiger charge is -2.06. The van der Waals surface area contributed by atoms with E-state index < -0.39 is 11.9 Å². The zero-order valence-electron chi connectivity index (χ0n) is 7.40. The lowest BCUT2D eigenvalue weighted by Crippen LogP contribution is -2.12. The van der Waals surface area contributed by atoms with Crippen molar-refractivity contribution in [3.63, 3.8) is 0 Å². The summed E-state index contributed by atoms with van der Waals surface area (Å²) < 4.78 is 4.49. The SMILES string of the molecule is COC(=O)C[C@@H]1C=C[C@H](C(=O)O)C1. The molecule has 0 spiro atoms. The van der Waals surface area contributed by atoms with Gasteiger partial charge in [0.2, 0.25) is 0 Å². The van der Waals surface area contributed by atoms with Crippen LogP contribution in [0.2, 0.25) is 0 Å². The highest BCUT2D eigenvalue weighted by Crippen LogP contribution is 2.26. The highest BCUT2D eigenvalue weighted by molar-refractivity contribution is 5.74. The molecule has 2 atom stereocenters. The first-order valence-electron chi connectivity index (χ1n) is 4.11. The molecule has 0 heterocycles. The van der Waals surface area contributed by atoms with Crippen molar-refractivity contribution in [1.82, 2.24) is 0 Å². The molecule has 0 saturated carbocycles. The molecule has 0 aromatic rings. The van der Waals surface area contributed by atoms with Gasteiger partial charge in [0.1, 0.15) is 0 Å². The van der Waals surface area contributed by atoms with Crippen LogP contribution in [0.15, 0.2) is 12.2 Å². The summed E-state index contributed by atoms with van der Waals surface area (Å²) >= 11 is 0. The fraction of sp³-hybridized carbons (Fsp3) is 0.556. The van der Waals surface area contributed by atoms with E-state index in [1.54, 1.807) is 12.2 Å². The molecule has 13 heavy (non-hydrogen) atoms. The molecule has 4 heteroatoms. The van der Waals surface area contributed by atoms with Crippen LogP contribution in [-0.2, 0) is 14.3 Å². The van der Waals surface area contributed by atoms with Crippen LogP contribution in [-0.4, -0.2) is 24.2 Å². The van der Waals surface area contributed by atoms with Crippen LogP contribution in [0.5, 0.6) is 0 Å². The monoisotopic (exact) mass is 184 g/mol. The number of esters is 1. The number of hydrogen-bond donors (Lipinski definition) is 1. The van der Waals surface area contributed by atoms with Gasteiger partial charge in [0, 0.05) is 0 Å². The lowest BCUT2D eigenvalue weighted by molar-refractivity contribution is -0.143. The second-order valence-electron chi connectivity index (χ2n) is 3.11. The van der Waals surface area contributed by atoms with Crippen LogP contribution in [0.4, 0.5) is 0 Å². The summed E-state index contributed by atoms with van der Waals surface area (Å²) in [7, 11) is 1.33. The molecule has 0 bridgehead atoms. The Hall–Kier alpha value is -1.32. The molecule has 0 aliphatic heterocycles. The predicted molar refractivity (Wildman–Crippen MR) is 45.0 cm³/mol. The molecule has 0 fully saturated rings. The average molecular weight is 184 g/mol. The number of carbonyl (C=O) groups excluding carboxylic acids is 1. The standard InChI is InChI=1S/C9H12O4/c1-13-8(10)5-6-2-3-7(4-6)9(11)12/h2-3,6-7H,4-5H2,1H3,(H,11,12)/t6-,7+/m1/s1. The van der Waals surface area contributed by atoms with Crippen LogP contribution in [0.25, 0.3) is 0 Å². The Morgan fingerprint density at radius 2 is 2.23 bits per heavy atom. The van der Waals surface area contributed by atoms with E-state index in [0.717, 1.165) is 0 Å². The molecule has 0 saturated heterocycles. The number of carboxylic acid groups (broad SMARTS) is 1. The summed E-state index contributed by atoms with van der Waals surface area (Å²) in [5.41, 5.74) is 0. The molecule has 1 N–H and O–H groups in total. The molecular weight excluding hydrogens is 172 g/mol. The molecule has 1 aliphatic carbocycles. The third-order valence-corrected chi connectivity index (χ3v) is 2.15. The van der Waals surface area contributed by atoms with Crippen molar-refractivity contribution in [2.24, 2.45) is 11.8 Å². The topological polar surface area (TPSA) is 63.6 Å². The third kappa shape index (κ3) is 2.57. The Morgan fingerprint density at radius 3 is 2.69 bits per heavy atom. The first-order valence-corrected chi connectivity index (χ1v) is 4.11. The smallest absolute Gasteiger partial charge is 0.310 e. The molecule has 0 aromatic heterocycles. The number of ether oxygens (including phenoxy) is 1. The van der Waals surface area contributed by atoms with Gasteiger partial charge in [0.25, 0.3) is 0 Å². The molecular formula is C9H12O4. The quantitative estimate of drug-likeness (QED) is 0.521. The number of aliphatic carboxylic acids is 1. The molecule has 0 aromatic carbocycles. The van der Waals surface area contributed by atoms with E-state index in [1.807, 2.05) is 0 Å². The fourth-order valence-electron chi connectivity index (χ4n) is 1.41. The van der Waals surface area contributed by atoms with Gasteiger partial charge in [-0.15, -0.1) is 0 Å². The number of carbonyl (C=O) groups is 2. The van der Waals surface area contributed by atoms with Crippen molar-refractivity contribution in [2.45, 2.75) is 12.8 Å². The largest absolute Gasteiger partial charge is 0.481 e. The summed E-state index contributed by atoms with van der Waals surface area (Å²) in [5.74, 6) is -1.53. The summed E-state index contributed by atoms with van der Waals surface area (Å²) in [4.78, 5) is 21.4. The van der Waals surface area contributed by atoms with Crippen molar-refractivity contribution in [3.05, 3.63) is 12.2 Å². The van der Waals surface area contributed by atoms with Crippen molar-refractivity contribution < 1.29 is 19.4 Å². The minimum atomic E-state index is -0.830. The van der Waals surface area contributed by atoms with E-state index in [2.05, 4.69) is 4.74 Å². The van der Waals surface area contributed by atoms with E-state index in [0.29, 0.717) is 6.42 Å². The highest BCUT2D eigenvalue weighted by atomic mass is 16.5. The van der Waals surface area contributed by atoms with Crippen molar-refractivity contribution in [2.75, 3.05) is 7.11 Å². The molecule has 72 valence electrons. The highest BCUT2D eigenvalue weighted by Gasteiger charge is 2.25. The molecule has 0 unspecified atom stereocenters. The lowest BCUT2D eigenvalue weighted by atomic mass is 10.0. The van der Waals surface area contributed by atoms with Gasteiger partial charge in [0.15, 0.2) is 0 Å². The molecule has 0 amide bonds. The maximum atomic E-state index is 10.8. The Morgan fingerprint density at radius 1 is 1.54 bits per heavy atom. The van der Waals surface area contributed by atoms with E-state index in [9.17, 15) is 9.59 Å². The van der Waals surface area contributed by atoms with Gasteiger partial charge >= 0.3 is 11.9 Å². The Balaban J connectivity index is 2.39. The number of allylic oxidation sites excluding steroid dienone is 1. The van der Waals surface area contributed by atoms with Gasteiger partial charge in [-0.2, -0.15) is 0 Å². The fourth-order valence-corrected chi connectivity index (χ4v) is 1.41. The first kappa shape index (κ1) is 9.77. The van der Waals surface area contributed by atoms with Crippen molar-refractivity contribution >= 4 is 11.9 Å². The Labute approximate surface area is 76.2 Å². The summed E-state index contributed by atoms with van der Waals surface area (Å²) in [5, 5.41) is 8.65. The van der Waals surface area contributed by atoms with Gasteiger partial charge in [-0.1, -0.05) is 12.2 Å². The number of methoxy groups -OCH3 is 1. The summed E-state index contributed by atoms with van der Waals surface area (Å²) in [6.07, 6.45) is 4.19. The number of carboxylic acids is 1. The summed E-state index contributed by atoms with van der Waals surface area (Å²) in [6.45, 7) is 0. The number of rotatable bonds is 3. The third-order valence-electron chi connectivity index (χ3n) is 2.15. The van der Waals surface area contributed by atoms with Crippen LogP contribution >= 0.6 is 0 Å². The second-order valence-corrected chi connectivity index (χ2v) is 3.11. The first-order chi connectivity index (χ1) is 6.13. The Bertz CT molecular complexity index is 244. The van der Waals surface area contributed by atoms with Crippen LogP contribution in [0.3, 0.4) is 0 Å². The van der Waals surface area contributed by atoms with Crippen molar-refractivity contribution in [1.29, 1.82) is 0 Å². The molecule has 1 rings (SSSR count). The molecule has 1 aliphatic rings. The van der Waals surface area contributed by atoms with Gasteiger partial charge in [0.05, 0.1) is 19.4 Å².